The fourth-order valence-corrected chi connectivity index (χ4v) is 5.89. The number of amides is 1. The molecule has 0 saturated carbocycles. The Morgan fingerprint density at radius 2 is 1.80 bits per heavy atom. The number of carbonyl (C=O) groups excluding carboxylic acids is 1. The van der Waals surface area contributed by atoms with Gasteiger partial charge in [0.1, 0.15) is 36.8 Å². The lowest BCUT2D eigenvalue weighted by molar-refractivity contribution is -0.128. The molecule has 1 saturated heterocycles. The summed E-state index contributed by atoms with van der Waals surface area (Å²) in [5.74, 6) is 0.207. The summed E-state index contributed by atoms with van der Waals surface area (Å²) in [4.78, 5) is 26.8. The van der Waals surface area contributed by atoms with Crippen LogP contribution in [0.1, 0.15) is 24.0 Å². The minimum atomic E-state index is -1.32. The standard InChI is InChI=1S/C29H33N7O5/c1-29(36-16-34-23-26(30)32-15-33-27(23)36)25(38)24(37)22(41-29)13-35(2)12-11-31-28(39)40-14-21-19-9-5-3-7-17(19)18-8-4-6-10-20(18)21/h3-10,15-16,21-22,24-25,37-38H,11-14H2,1-2H3,(H,31,39)(H2,30,32,33)/t22?,24-,25-,29+/m1/s1. The highest BCUT2D eigenvalue weighted by molar-refractivity contribution is 5.81. The lowest BCUT2D eigenvalue weighted by Crippen LogP contribution is -2.43. The van der Waals surface area contributed by atoms with E-state index in [4.69, 9.17) is 15.2 Å². The molecule has 12 nitrogen and oxygen atoms in total. The summed E-state index contributed by atoms with van der Waals surface area (Å²) in [6.07, 6.45) is -0.815. The average Bonchev–Trinajstić information content (AvgIpc) is 3.61. The van der Waals surface area contributed by atoms with E-state index in [0.29, 0.717) is 30.8 Å². The van der Waals surface area contributed by atoms with Crippen molar-refractivity contribution in [2.24, 2.45) is 0 Å². The molecule has 41 heavy (non-hydrogen) atoms. The fraction of sp³-hybridized carbons (Fsp3) is 0.379. The number of nitrogens with two attached hydrogens (primary N) is 1. The number of ether oxygens (including phenoxy) is 2. The topological polar surface area (TPSA) is 161 Å². The van der Waals surface area contributed by atoms with Gasteiger partial charge in [0.2, 0.25) is 0 Å². The maximum atomic E-state index is 12.5. The molecule has 4 aromatic rings. The summed E-state index contributed by atoms with van der Waals surface area (Å²) in [5.41, 5.74) is 10.0. The van der Waals surface area contributed by atoms with Crippen molar-refractivity contribution in [2.75, 3.05) is 39.0 Å². The molecule has 1 aliphatic carbocycles. The van der Waals surface area contributed by atoms with Gasteiger partial charge >= 0.3 is 6.09 Å². The number of fused-ring (bicyclic) bond motifs is 4. The number of aliphatic hydroxyl groups excluding tert-OH is 2. The van der Waals surface area contributed by atoms with Crippen molar-refractivity contribution in [2.45, 2.75) is 36.9 Å². The van der Waals surface area contributed by atoms with Crippen LogP contribution in [-0.2, 0) is 15.2 Å². The summed E-state index contributed by atoms with van der Waals surface area (Å²) >= 11 is 0. The van der Waals surface area contributed by atoms with Gasteiger partial charge in [0.05, 0.1) is 6.33 Å². The summed E-state index contributed by atoms with van der Waals surface area (Å²) in [5, 5.41) is 24.5. The molecule has 0 spiro atoms. The van der Waals surface area contributed by atoms with Crippen LogP contribution in [0.2, 0.25) is 0 Å². The molecular weight excluding hydrogens is 526 g/mol. The van der Waals surface area contributed by atoms with Crippen LogP contribution in [0, 0.1) is 0 Å². The van der Waals surface area contributed by atoms with Gasteiger partial charge in [-0.1, -0.05) is 48.5 Å². The molecule has 1 aliphatic heterocycles. The SMILES string of the molecule is CN(CCNC(=O)OCC1c2ccccc2-c2ccccc21)CC1O[C@](C)(n2cnc3c(N)ncnc32)[C@H](O)[C@@H]1O. The van der Waals surface area contributed by atoms with Crippen molar-refractivity contribution in [1.82, 2.24) is 29.7 Å². The molecule has 3 heterocycles. The largest absolute Gasteiger partial charge is 0.449 e. The number of nitrogens with zero attached hydrogens (tertiary/aromatic N) is 5. The van der Waals surface area contributed by atoms with E-state index in [-0.39, 0.29) is 18.3 Å². The lowest BCUT2D eigenvalue weighted by Gasteiger charge is -2.29. The maximum Gasteiger partial charge on any atom is 0.407 e. The number of hydrogen-bond donors (Lipinski definition) is 4. The molecule has 1 fully saturated rings. The van der Waals surface area contributed by atoms with Gasteiger partial charge in [-0.3, -0.25) is 4.57 Å². The number of nitrogen functional groups attached to an aromatic ring is 1. The van der Waals surface area contributed by atoms with Gasteiger partial charge in [-0.2, -0.15) is 0 Å². The summed E-state index contributed by atoms with van der Waals surface area (Å²) in [6, 6.07) is 16.4. The second-order valence-electron chi connectivity index (χ2n) is 10.7. The summed E-state index contributed by atoms with van der Waals surface area (Å²) in [7, 11) is 1.85. The minimum absolute atomic E-state index is 0.00640. The Balaban J connectivity index is 1.01. The molecule has 5 N–H and O–H groups in total. The highest BCUT2D eigenvalue weighted by Crippen LogP contribution is 2.44. The smallest absolute Gasteiger partial charge is 0.407 e. The van der Waals surface area contributed by atoms with Crippen LogP contribution in [0.3, 0.4) is 0 Å². The lowest BCUT2D eigenvalue weighted by atomic mass is 9.98. The molecule has 214 valence electrons. The van der Waals surface area contributed by atoms with Crippen LogP contribution in [0.5, 0.6) is 0 Å². The number of aromatic nitrogens is 4. The number of nitrogens with one attached hydrogen (secondary N) is 1. The first-order valence-electron chi connectivity index (χ1n) is 13.5. The second-order valence-corrected chi connectivity index (χ2v) is 10.7. The Labute approximate surface area is 236 Å². The third-order valence-corrected chi connectivity index (χ3v) is 8.08. The zero-order valence-electron chi connectivity index (χ0n) is 22.8. The van der Waals surface area contributed by atoms with Crippen molar-refractivity contribution >= 4 is 23.1 Å². The van der Waals surface area contributed by atoms with Crippen LogP contribution in [0.4, 0.5) is 10.6 Å². The van der Waals surface area contributed by atoms with Crippen molar-refractivity contribution in [3.05, 3.63) is 72.3 Å². The monoisotopic (exact) mass is 559 g/mol. The first-order chi connectivity index (χ1) is 19.8. The highest BCUT2D eigenvalue weighted by atomic mass is 16.6. The third-order valence-electron chi connectivity index (χ3n) is 8.08. The van der Waals surface area contributed by atoms with Crippen molar-refractivity contribution in [1.29, 1.82) is 0 Å². The fourth-order valence-electron chi connectivity index (χ4n) is 5.89. The van der Waals surface area contributed by atoms with Crippen LogP contribution in [0.25, 0.3) is 22.3 Å². The zero-order chi connectivity index (χ0) is 28.7. The predicted molar refractivity (Wildman–Crippen MR) is 151 cm³/mol. The van der Waals surface area contributed by atoms with Gasteiger partial charge in [-0.15, -0.1) is 0 Å². The normalized spacial score (nSPS) is 23.6. The van der Waals surface area contributed by atoms with Crippen LogP contribution in [0.15, 0.2) is 61.2 Å². The number of imidazole rings is 1. The molecule has 12 heteroatoms. The number of hydrogen-bond acceptors (Lipinski definition) is 10. The molecule has 2 aromatic heterocycles. The molecule has 1 amide bonds. The molecule has 4 atom stereocenters. The van der Waals surface area contributed by atoms with Crippen molar-refractivity contribution in [3.63, 3.8) is 0 Å². The first-order valence-corrected chi connectivity index (χ1v) is 13.5. The maximum absolute atomic E-state index is 12.5. The number of carbonyl (C=O) groups is 1. The highest BCUT2D eigenvalue weighted by Gasteiger charge is 2.53. The van der Waals surface area contributed by atoms with Gasteiger partial charge in [0, 0.05) is 25.6 Å². The van der Waals surface area contributed by atoms with Gasteiger partial charge in [-0.05, 0) is 36.2 Å². The Morgan fingerprint density at radius 1 is 1.12 bits per heavy atom. The Kier molecular flexibility index (Phi) is 7.08. The predicted octanol–water partition coefficient (Wildman–Crippen LogP) is 1.67. The summed E-state index contributed by atoms with van der Waals surface area (Å²) < 4.78 is 13.4. The number of alkyl carbamates (subject to hydrolysis) is 1. The van der Waals surface area contributed by atoms with E-state index < -0.39 is 30.1 Å². The molecule has 2 aliphatic rings. The number of anilines is 1. The Hall–Kier alpha value is -4.10. The van der Waals surface area contributed by atoms with E-state index >= 15 is 0 Å². The van der Waals surface area contributed by atoms with Gasteiger partial charge < -0.3 is 35.6 Å². The number of likely N-dealkylation sites (N-methyl/N-ethyl adjacent to an activating group) is 1. The van der Waals surface area contributed by atoms with Gasteiger partial charge in [0.15, 0.2) is 17.2 Å². The van der Waals surface area contributed by atoms with E-state index in [1.165, 1.54) is 23.8 Å². The number of rotatable bonds is 8. The number of aliphatic hydroxyl groups is 2. The molecular formula is C29H33N7O5. The van der Waals surface area contributed by atoms with E-state index in [2.05, 4.69) is 44.5 Å². The van der Waals surface area contributed by atoms with Gasteiger partial charge in [-0.25, -0.2) is 19.7 Å². The first kappa shape index (κ1) is 27.1. The molecule has 1 unspecified atom stereocenters. The van der Waals surface area contributed by atoms with E-state index in [1.54, 1.807) is 11.5 Å². The van der Waals surface area contributed by atoms with Gasteiger partial charge in [0.25, 0.3) is 0 Å². The molecule has 6 rings (SSSR count). The second kappa shape index (κ2) is 10.7. The third kappa shape index (κ3) is 4.78. The quantitative estimate of drug-likeness (QED) is 0.250. The van der Waals surface area contributed by atoms with E-state index in [1.807, 2.05) is 36.2 Å². The Morgan fingerprint density at radius 3 is 2.51 bits per heavy atom. The molecule has 2 aromatic carbocycles. The average molecular weight is 560 g/mol. The van der Waals surface area contributed by atoms with Crippen molar-refractivity contribution < 1.29 is 24.5 Å². The minimum Gasteiger partial charge on any atom is -0.449 e. The number of benzene rings is 2. The Bertz CT molecular complexity index is 1530. The van der Waals surface area contributed by atoms with E-state index in [0.717, 1.165) is 11.1 Å². The van der Waals surface area contributed by atoms with Crippen LogP contribution < -0.4 is 11.1 Å². The van der Waals surface area contributed by atoms with E-state index in [9.17, 15) is 15.0 Å². The summed E-state index contributed by atoms with van der Waals surface area (Å²) in [6.45, 7) is 3.02. The van der Waals surface area contributed by atoms with Crippen LogP contribution in [-0.4, -0.2) is 92.3 Å². The van der Waals surface area contributed by atoms with Crippen LogP contribution >= 0.6 is 0 Å². The zero-order valence-corrected chi connectivity index (χ0v) is 22.8. The van der Waals surface area contributed by atoms with Crippen molar-refractivity contribution in [3.8, 4) is 11.1 Å². The molecule has 0 bridgehead atoms. The molecule has 0 radical (unpaired) electrons.